The van der Waals surface area contributed by atoms with Crippen LogP contribution < -0.4 is 5.56 Å². The molecule has 200 valence electrons. The minimum atomic E-state index is -0.550. The number of rotatable bonds is 7. The molecule has 0 aliphatic carbocycles. The molecule has 39 heavy (non-hydrogen) atoms. The Morgan fingerprint density at radius 1 is 0.949 bits per heavy atom. The molecule has 0 amide bonds. The molecule has 0 aliphatic heterocycles. The Bertz CT molecular complexity index is 1670. The summed E-state index contributed by atoms with van der Waals surface area (Å²) < 4.78 is 1.81. The molecular weight excluding hydrogens is 508 g/mol. The molecule has 0 aliphatic rings. The van der Waals surface area contributed by atoms with Gasteiger partial charge in [-0.15, -0.1) is 5.10 Å². The Hall–Kier alpha value is -3.81. The molecule has 0 saturated carbocycles. The van der Waals surface area contributed by atoms with E-state index in [4.69, 9.17) is 11.6 Å². The van der Waals surface area contributed by atoms with Crippen LogP contribution in [0.25, 0.3) is 10.9 Å². The lowest BCUT2D eigenvalue weighted by Gasteiger charge is -2.33. The van der Waals surface area contributed by atoms with Crippen molar-refractivity contribution in [3.8, 4) is 0 Å². The quantitative estimate of drug-likeness (QED) is 0.261. The molecule has 7 nitrogen and oxygen atoms in total. The smallest absolute Gasteiger partial charge is 0.253 e. The van der Waals surface area contributed by atoms with Crippen LogP contribution in [0.2, 0.25) is 5.02 Å². The molecule has 0 saturated heterocycles. The summed E-state index contributed by atoms with van der Waals surface area (Å²) in [6.45, 7) is 11.3. The summed E-state index contributed by atoms with van der Waals surface area (Å²) in [5.74, 6) is 0.596. The van der Waals surface area contributed by atoms with Crippen molar-refractivity contribution in [3.05, 3.63) is 122 Å². The highest BCUT2D eigenvalue weighted by Gasteiger charge is 2.34. The normalized spacial score (nSPS) is 12.8. The van der Waals surface area contributed by atoms with Gasteiger partial charge in [0.1, 0.15) is 6.04 Å². The molecule has 1 N–H and O–H groups in total. The van der Waals surface area contributed by atoms with Crippen molar-refractivity contribution in [2.45, 2.75) is 59.3 Å². The molecule has 0 fully saturated rings. The highest BCUT2D eigenvalue weighted by atomic mass is 35.5. The molecule has 0 unspecified atom stereocenters. The van der Waals surface area contributed by atoms with Crippen molar-refractivity contribution in [1.82, 2.24) is 30.1 Å². The SMILES string of the molecule is Cc1cc2cc([C@H](c3nnnn3C(C)(C)C)N(Cc3ccccc3)Cc3ccccc3Cl)c(=O)[nH]c2cc1C. The maximum absolute atomic E-state index is 13.8. The number of aromatic amines is 1. The van der Waals surface area contributed by atoms with Crippen molar-refractivity contribution in [1.29, 1.82) is 0 Å². The third-order valence-corrected chi connectivity index (χ3v) is 7.45. The fourth-order valence-corrected chi connectivity index (χ4v) is 5.14. The van der Waals surface area contributed by atoms with Gasteiger partial charge >= 0.3 is 0 Å². The predicted molar refractivity (Wildman–Crippen MR) is 156 cm³/mol. The van der Waals surface area contributed by atoms with Crippen LogP contribution in [-0.4, -0.2) is 30.1 Å². The number of tetrazole rings is 1. The summed E-state index contributed by atoms with van der Waals surface area (Å²) >= 11 is 6.65. The average molecular weight is 541 g/mol. The summed E-state index contributed by atoms with van der Waals surface area (Å²) in [5.41, 5.74) is 5.16. The fraction of sp³-hybridized carbons (Fsp3) is 0.290. The Labute approximate surface area is 233 Å². The van der Waals surface area contributed by atoms with Gasteiger partial charge in [0.2, 0.25) is 0 Å². The molecule has 0 spiro atoms. The maximum Gasteiger partial charge on any atom is 0.253 e. The number of aryl methyl sites for hydroxylation is 2. The first-order chi connectivity index (χ1) is 18.6. The van der Waals surface area contributed by atoms with Crippen LogP contribution in [0.5, 0.6) is 0 Å². The monoisotopic (exact) mass is 540 g/mol. The van der Waals surface area contributed by atoms with Gasteiger partial charge in [0.05, 0.1) is 5.54 Å². The first-order valence-corrected chi connectivity index (χ1v) is 13.4. The van der Waals surface area contributed by atoms with Gasteiger partial charge in [0.15, 0.2) is 5.82 Å². The second-order valence-corrected chi connectivity index (χ2v) is 11.5. The summed E-state index contributed by atoms with van der Waals surface area (Å²) in [5, 5.41) is 14.6. The molecular formula is C31H33ClN6O. The highest BCUT2D eigenvalue weighted by molar-refractivity contribution is 6.31. The van der Waals surface area contributed by atoms with Gasteiger partial charge < -0.3 is 4.98 Å². The van der Waals surface area contributed by atoms with E-state index in [1.54, 1.807) is 0 Å². The maximum atomic E-state index is 13.8. The van der Waals surface area contributed by atoms with Crippen molar-refractivity contribution in [2.24, 2.45) is 0 Å². The molecule has 1 atom stereocenters. The van der Waals surface area contributed by atoms with E-state index >= 15 is 0 Å². The summed E-state index contributed by atoms with van der Waals surface area (Å²) in [7, 11) is 0. The molecule has 0 radical (unpaired) electrons. The minimum absolute atomic E-state index is 0.170. The van der Waals surface area contributed by atoms with Crippen LogP contribution in [0.15, 0.2) is 77.6 Å². The lowest BCUT2D eigenvalue weighted by Crippen LogP contribution is -2.37. The second kappa shape index (κ2) is 10.8. The van der Waals surface area contributed by atoms with Crippen LogP contribution in [0.3, 0.4) is 0 Å². The third kappa shape index (κ3) is 5.65. The zero-order valence-corrected chi connectivity index (χ0v) is 23.7. The summed E-state index contributed by atoms with van der Waals surface area (Å²) in [6.07, 6.45) is 0. The highest BCUT2D eigenvalue weighted by Crippen LogP contribution is 2.33. The second-order valence-electron chi connectivity index (χ2n) is 11.1. The number of nitrogens with one attached hydrogen (secondary N) is 1. The van der Waals surface area contributed by atoms with Crippen molar-refractivity contribution in [3.63, 3.8) is 0 Å². The molecule has 3 aromatic carbocycles. The van der Waals surface area contributed by atoms with E-state index in [-0.39, 0.29) is 5.56 Å². The number of nitrogens with zero attached hydrogens (tertiary/aromatic N) is 5. The molecule has 5 rings (SSSR count). The Balaban J connectivity index is 1.76. The molecule has 0 bridgehead atoms. The van der Waals surface area contributed by atoms with Gasteiger partial charge in [-0.1, -0.05) is 60.1 Å². The fourth-order valence-electron chi connectivity index (χ4n) is 4.94. The van der Waals surface area contributed by atoms with Crippen molar-refractivity contribution < 1.29 is 0 Å². The van der Waals surface area contributed by atoms with Gasteiger partial charge in [0.25, 0.3) is 5.56 Å². The summed E-state index contributed by atoms with van der Waals surface area (Å²) in [6, 6.07) is 23.6. The van der Waals surface area contributed by atoms with Crippen LogP contribution in [0.1, 0.15) is 60.5 Å². The van der Waals surface area contributed by atoms with Gasteiger partial charge in [-0.05, 0) is 97.0 Å². The van der Waals surface area contributed by atoms with E-state index in [0.717, 1.165) is 33.2 Å². The van der Waals surface area contributed by atoms with Gasteiger partial charge in [-0.3, -0.25) is 9.69 Å². The Kier molecular flexibility index (Phi) is 7.38. The Morgan fingerprint density at radius 2 is 1.64 bits per heavy atom. The zero-order chi connectivity index (χ0) is 27.7. The van der Waals surface area contributed by atoms with E-state index < -0.39 is 11.6 Å². The van der Waals surface area contributed by atoms with Gasteiger partial charge in [0, 0.05) is 29.2 Å². The van der Waals surface area contributed by atoms with Gasteiger partial charge in [-0.25, -0.2) is 4.68 Å². The lowest BCUT2D eigenvalue weighted by atomic mass is 9.98. The molecule has 5 aromatic rings. The van der Waals surface area contributed by atoms with E-state index in [1.807, 2.05) is 66.2 Å². The zero-order valence-electron chi connectivity index (χ0n) is 22.9. The topological polar surface area (TPSA) is 79.7 Å². The average Bonchev–Trinajstić information content (AvgIpc) is 3.38. The molecule has 8 heteroatoms. The van der Waals surface area contributed by atoms with Gasteiger partial charge in [-0.2, -0.15) is 0 Å². The van der Waals surface area contributed by atoms with E-state index in [1.165, 1.54) is 0 Å². The Morgan fingerprint density at radius 3 is 2.36 bits per heavy atom. The first-order valence-electron chi connectivity index (χ1n) is 13.1. The predicted octanol–water partition coefficient (Wildman–Crippen LogP) is 6.33. The van der Waals surface area contributed by atoms with E-state index in [9.17, 15) is 4.79 Å². The lowest BCUT2D eigenvalue weighted by molar-refractivity contribution is 0.184. The van der Waals surface area contributed by atoms with Crippen LogP contribution in [-0.2, 0) is 18.6 Å². The number of fused-ring (bicyclic) bond motifs is 1. The first kappa shape index (κ1) is 26.8. The number of H-pyrrole nitrogens is 1. The number of pyridine rings is 1. The van der Waals surface area contributed by atoms with Crippen LogP contribution in [0.4, 0.5) is 0 Å². The number of hydrogen-bond acceptors (Lipinski definition) is 5. The number of aromatic nitrogens is 5. The largest absolute Gasteiger partial charge is 0.322 e. The molecule has 2 aromatic heterocycles. The van der Waals surface area contributed by atoms with Crippen molar-refractivity contribution in [2.75, 3.05) is 0 Å². The third-order valence-electron chi connectivity index (χ3n) is 7.08. The summed E-state index contributed by atoms with van der Waals surface area (Å²) in [4.78, 5) is 19.2. The van der Waals surface area contributed by atoms with Crippen LogP contribution in [0, 0.1) is 13.8 Å². The van der Waals surface area contributed by atoms with Crippen LogP contribution >= 0.6 is 11.6 Å². The molecule has 2 heterocycles. The number of halogens is 1. The minimum Gasteiger partial charge on any atom is -0.322 e. The van der Waals surface area contributed by atoms with E-state index in [0.29, 0.717) is 29.5 Å². The van der Waals surface area contributed by atoms with E-state index in [2.05, 4.69) is 71.3 Å². The van der Waals surface area contributed by atoms with Crippen molar-refractivity contribution >= 4 is 22.5 Å². The number of hydrogen-bond donors (Lipinski definition) is 1. The number of benzene rings is 3. The standard InChI is InChI=1S/C31H33ClN6O/c1-20-15-24-17-25(30(39)33-27(24)16-21(20)2)28(29-34-35-36-38(29)31(3,4)5)37(18-22-11-7-6-8-12-22)19-23-13-9-10-14-26(23)32/h6-17,28H,18-19H2,1-5H3,(H,33,39)/t28-/m1/s1.